The van der Waals surface area contributed by atoms with Crippen LogP contribution in [0.2, 0.25) is 0 Å². The van der Waals surface area contributed by atoms with E-state index >= 15 is 0 Å². The third-order valence-electron chi connectivity index (χ3n) is 3.56. The molecule has 2 saturated carbocycles. The van der Waals surface area contributed by atoms with Gasteiger partial charge in [-0.05, 0) is 31.1 Å². The van der Waals surface area contributed by atoms with Crippen LogP contribution in [0, 0.1) is 17.8 Å². The fraction of sp³-hybridized carbons (Fsp3) is 0.900. The van der Waals surface area contributed by atoms with Gasteiger partial charge in [0.05, 0.1) is 0 Å². The van der Waals surface area contributed by atoms with Gasteiger partial charge in [-0.15, -0.1) is 0 Å². The first kappa shape index (κ1) is 7.33. The summed E-state index contributed by atoms with van der Waals surface area (Å²) in [7, 11) is 0. The highest BCUT2D eigenvalue weighted by Gasteiger charge is 2.36. The zero-order valence-electron chi connectivity index (χ0n) is 6.96. The number of rotatable bonds is 1. The van der Waals surface area contributed by atoms with Gasteiger partial charge in [0.2, 0.25) is 0 Å². The van der Waals surface area contributed by atoms with E-state index in [4.69, 9.17) is 0 Å². The molecule has 0 spiro atoms. The standard InChI is InChI=1S/C10H16O/c11-7-9-6-5-8-3-1-2-4-10(8)9/h7-10H,1-6H2/t8-,9-,10+/m0/s1. The molecule has 1 heteroatoms. The predicted octanol–water partition coefficient (Wildman–Crippen LogP) is 2.40. The van der Waals surface area contributed by atoms with Crippen LogP contribution in [0.1, 0.15) is 38.5 Å². The Morgan fingerprint density at radius 1 is 1.00 bits per heavy atom. The van der Waals surface area contributed by atoms with E-state index in [1.165, 1.54) is 44.8 Å². The van der Waals surface area contributed by atoms with Gasteiger partial charge < -0.3 is 4.79 Å². The van der Waals surface area contributed by atoms with Crippen molar-refractivity contribution < 1.29 is 4.79 Å². The summed E-state index contributed by atoms with van der Waals surface area (Å²) in [4.78, 5) is 10.7. The summed E-state index contributed by atoms with van der Waals surface area (Å²) in [5.41, 5.74) is 0. The number of hydrogen-bond acceptors (Lipinski definition) is 1. The van der Waals surface area contributed by atoms with Gasteiger partial charge in [-0.2, -0.15) is 0 Å². The van der Waals surface area contributed by atoms with Crippen molar-refractivity contribution in [1.29, 1.82) is 0 Å². The molecule has 0 heterocycles. The first-order valence-electron chi connectivity index (χ1n) is 4.87. The topological polar surface area (TPSA) is 17.1 Å². The maximum absolute atomic E-state index is 10.7. The molecule has 0 aromatic rings. The fourth-order valence-electron chi connectivity index (χ4n) is 2.95. The molecule has 0 bridgehead atoms. The molecule has 3 atom stereocenters. The van der Waals surface area contributed by atoms with E-state index in [9.17, 15) is 4.79 Å². The molecule has 0 amide bonds. The minimum absolute atomic E-state index is 0.431. The second-order valence-corrected chi connectivity index (χ2v) is 4.09. The van der Waals surface area contributed by atoms with Gasteiger partial charge in [-0.25, -0.2) is 0 Å². The highest BCUT2D eigenvalue weighted by molar-refractivity contribution is 5.54. The summed E-state index contributed by atoms with van der Waals surface area (Å²) in [5, 5.41) is 0. The molecule has 1 nitrogen and oxygen atoms in total. The molecule has 0 radical (unpaired) electrons. The van der Waals surface area contributed by atoms with Crippen LogP contribution in [0.25, 0.3) is 0 Å². The van der Waals surface area contributed by atoms with Gasteiger partial charge in [0.1, 0.15) is 6.29 Å². The molecule has 0 aliphatic heterocycles. The molecular weight excluding hydrogens is 136 g/mol. The lowest BCUT2D eigenvalue weighted by Crippen LogP contribution is -2.19. The van der Waals surface area contributed by atoms with Crippen LogP contribution < -0.4 is 0 Å². The third-order valence-corrected chi connectivity index (χ3v) is 3.56. The molecule has 0 aromatic heterocycles. The molecule has 2 aliphatic carbocycles. The number of carbonyl (C=O) groups excluding carboxylic acids is 1. The van der Waals surface area contributed by atoms with Crippen LogP contribution in [0.3, 0.4) is 0 Å². The van der Waals surface area contributed by atoms with Crippen LogP contribution >= 0.6 is 0 Å². The van der Waals surface area contributed by atoms with Crippen molar-refractivity contribution in [1.82, 2.24) is 0 Å². The predicted molar refractivity (Wildman–Crippen MR) is 44.2 cm³/mol. The van der Waals surface area contributed by atoms with Crippen molar-refractivity contribution in [2.45, 2.75) is 38.5 Å². The lowest BCUT2D eigenvalue weighted by atomic mass is 9.78. The molecule has 2 aliphatic rings. The summed E-state index contributed by atoms with van der Waals surface area (Å²) in [6, 6.07) is 0. The highest BCUT2D eigenvalue weighted by atomic mass is 16.1. The van der Waals surface area contributed by atoms with Crippen LogP contribution in [0.4, 0.5) is 0 Å². The fourth-order valence-corrected chi connectivity index (χ4v) is 2.95. The molecule has 11 heavy (non-hydrogen) atoms. The Hall–Kier alpha value is -0.330. The normalized spacial score (nSPS) is 43.5. The summed E-state index contributed by atoms with van der Waals surface area (Å²) in [6.07, 6.45) is 9.21. The Morgan fingerprint density at radius 3 is 2.64 bits per heavy atom. The Kier molecular flexibility index (Phi) is 1.97. The van der Waals surface area contributed by atoms with Gasteiger partial charge in [0.15, 0.2) is 0 Å². The Balaban J connectivity index is 2.03. The van der Waals surface area contributed by atoms with E-state index in [0.717, 1.165) is 11.8 Å². The van der Waals surface area contributed by atoms with Gasteiger partial charge in [-0.3, -0.25) is 0 Å². The lowest BCUT2D eigenvalue weighted by molar-refractivity contribution is -0.112. The molecule has 2 fully saturated rings. The van der Waals surface area contributed by atoms with Crippen molar-refractivity contribution in [2.75, 3.05) is 0 Å². The first-order chi connectivity index (χ1) is 5.42. The zero-order valence-corrected chi connectivity index (χ0v) is 6.96. The average Bonchev–Trinajstić information content (AvgIpc) is 2.47. The number of fused-ring (bicyclic) bond motifs is 1. The van der Waals surface area contributed by atoms with Crippen LogP contribution in [-0.2, 0) is 4.79 Å². The smallest absolute Gasteiger partial charge is 0.123 e. The maximum atomic E-state index is 10.7. The van der Waals surface area contributed by atoms with E-state index in [1.54, 1.807) is 0 Å². The van der Waals surface area contributed by atoms with Crippen molar-refractivity contribution in [2.24, 2.45) is 17.8 Å². The maximum Gasteiger partial charge on any atom is 0.123 e. The molecule has 0 aromatic carbocycles. The summed E-state index contributed by atoms with van der Waals surface area (Å²) in [6.45, 7) is 0. The summed E-state index contributed by atoms with van der Waals surface area (Å²) >= 11 is 0. The van der Waals surface area contributed by atoms with Gasteiger partial charge >= 0.3 is 0 Å². The largest absolute Gasteiger partial charge is 0.303 e. The Morgan fingerprint density at radius 2 is 1.82 bits per heavy atom. The summed E-state index contributed by atoms with van der Waals surface area (Å²) in [5.74, 6) is 2.13. The quantitative estimate of drug-likeness (QED) is 0.527. The van der Waals surface area contributed by atoms with Gasteiger partial charge in [0.25, 0.3) is 0 Å². The van der Waals surface area contributed by atoms with E-state index < -0.39 is 0 Å². The van der Waals surface area contributed by atoms with Crippen LogP contribution in [0.5, 0.6) is 0 Å². The molecule has 62 valence electrons. The van der Waals surface area contributed by atoms with Crippen LogP contribution in [-0.4, -0.2) is 6.29 Å². The number of hydrogen-bond donors (Lipinski definition) is 0. The average molecular weight is 152 g/mol. The van der Waals surface area contributed by atoms with E-state index in [-0.39, 0.29) is 0 Å². The molecule has 2 rings (SSSR count). The van der Waals surface area contributed by atoms with Crippen molar-refractivity contribution in [3.8, 4) is 0 Å². The minimum atomic E-state index is 0.431. The number of aldehydes is 1. The van der Waals surface area contributed by atoms with Gasteiger partial charge in [-0.1, -0.05) is 19.3 Å². The third kappa shape index (κ3) is 1.21. The van der Waals surface area contributed by atoms with Gasteiger partial charge in [0, 0.05) is 5.92 Å². The van der Waals surface area contributed by atoms with Crippen molar-refractivity contribution in [3.63, 3.8) is 0 Å². The molecule has 0 saturated heterocycles. The number of carbonyl (C=O) groups is 1. The Labute approximate surface area is 68.2 Å². The molecule has 0 N–H and O–H groups in total. The SMILES string of the molecule is O=C[C@@H]1CC[C@@H]2CCCC[C@H]21. The molecule has 0 unspecified atom stereocenters. The minimum Gasteiger partial charge on any atom is -0.303 e. The van der Waals surface area contributed by atoms with Crippen molar-refractivity contribution in [3.05, 3.63) is 0 Å². The van der Waals surface area contributed by atoms with Crippen molar-refractivity contribution >= 4 is 6.29 Å². The second-order valence-electron chi connectivity index (χ2n) is 4.09. The monoisotopic (exact) mass is 152 g/mol. The van der Waals surface area contributed by atoms with E-state index in [2.05, 4.69) is 0 Å². The van der Waals surface area contributed by atoms with E-state index in [1.807, 2.05) is 0 Å². The first-order valence-corrected chi connectivity index (χ1v) is 4.87. The highest BCUT2D eigenvalue weighted by Crippen LogP contribution is 2.44. The van der Waals surface area contributed by atoms with Crippen LogP contribution in [0.15, 0.2) is 0 Å². The van der Waals surface area contributed by atoms with E-state index in [0.29, 0.717) is 5.92 Å². The zero-order chi connectivity index (χ0) is 7.68. The second kappa shape index (κ2) is 2.96. The Bertz CT molecular complexity index is 153. The molecular formula is C10H16O. The lowest BCUT2D eigenvalue weighted by Gasteiger charge is -2.26. The summed E-state index contributed by atoms with van der Waals surface area (Å²) < 4.78 is 0.